The van der Waals surface area contributed by atoms with Gasteiger partial charge in [0.25, 0.3) is 0 Å². The highest BCUT2D eigenvalue weighted by Crippen LogP contribution is 2.41. The lowest BCUT2D eigenvalue weighted by atomic mass is 9.68. The first-order valence-electron chi connectivity index (χ1n) is 6.67. The molecule has 0 aromatic heterocycles. The number of hydrogen-bond acceptors (Lipinski definition) is 1. The Kier molecular flexibility index (Phi) is 3.48. The van der Waals surface area contributed by atoms with Crippen molar-refractivity contribution in [2.24, 2.45) is 23.7 Å². The van der Waals surface area contributed by atoms with Gasteiger partial charge in [-0.25, -0.2) is 0 Å². The quantitative estimate of drug-likeness (QED) is 0.640. The van der Waals surface area contributed by atoms with Gasteiger partial charge in [0.05, 0.1) is 0 Å². The molecule has 86 valence electrons. The third kappa shape index (κ3) is 2.83. The third-order valence-electron chi connectivity index (χ3n) is 4.40. The van der Waals surface area contributed by atoms with Crippen molar-refractivity contribution < 1.29 is 4.79 Å². The maximum Gasteiger partial charge on any atom is 0.133 e. The number of carbonyl (C=O) groups is 1. The summed E-state index contributed by atoms with van der Waals surface area (Å²) < 4.78 is 0. The van der Waals surface area contributed by atoms with E-state index in [1.54, 1.807) is 0 Å². The van der Waals surface area contributed by atoms with Gasteiger partial charge in [-0.3, -0.25) is 4.79 Å². The number of ketones is 1. The second kappa shape index (κ2) is 4.67. The molecular formula is C14H24O. The van der Waals surface area contributed by atoms with Crippen LogP contribution < -0.4 is 0 Å². The van der Waals surface area contributed by atoms with Crippen LogP contribution in [-0.2, 0) is 4.79 Å². The lowest BCUT2D eigenvalue weighted by Crippen LogP contribution is -2.29. The van der Waals surface area contributed by atoms with Crippen LogP contribution in [0.4, 0.5) is 0 Å². The van der Waals surface area contributed by atoms with Crippen LogP contribution in [0.3, 0.4) is 0 Å². The van der Waals surface area contributed by atoms with Gasteiger partial charge in [0.2, 0.25) is 0 Å². The lowest BCUT2D eigenvalue weighted by molar-refractivity contribution is -0.122. The third-order valence-corrected chi connectivity index (χ3v) is 4.40. The largest absolute Gasteiger partial charge is 0.300 e. The summed E-state index contributed by atoms with van der Waals surface area (Å²) in [6.45, 7) is 4.76. The smallest absolute Gasteiger partial charge is 0.133 e. The molecule has 0 bridgehead atoms. The van der Waals surface area contributed by atoms with Crippen molar-refractivity contribution in [2.45, 2.75) is 58.8 Å². The van der Waals surface area contributed by atoms with Gasteiger partial charge in [-0.05, 0) is 55.8 Å². The first-order valence-corrected chi connectivity index (χ1v) is 6.67. The van der Waals surface area contributed by atoms with Crippen molar-refractivity contribution in [2.75, 3.05) is 0 Å². The topological polar surface area (TPSA) is 17.1 Å². The molecule has 0 spiro atoms. The number of Topliss-reactive ketones (excluding diaryl/α,β-unsaturated/α-hetero) is 1. The maximum atomic E-state index is 11.5. The molecule has 0 radical (unpaired) electrons. The highest BCUT2D eigenvalue weighted by molar-refractivity contribution is 5.79. The van der Waals surface area contributed by atoms with Crippen molar-refractivity contribution >= 4 is 5.78 Å². The molecule has 1 nitrogen and oxygen atoms in total. The Morgan fingerprint density at radius 2 is 1.67 bits per heavy atom. The van der Waals surface area contributed by atoms with E-state index >= 15 is 0 Å². The zero-order chi connectivity index (χ0) is 10.8. The second-order valence-corrected chi connectivity index (χ2v) is 6.07. The van der Waals surface area contributed by atoms with E-state index in [0.717, 1.165) is 42.9 Å². The van der Waals surface area contributed by atoms with E-state index in [4.69, 9.17) is 0 Å². The molecular weight excluding hydrogens is 184 g/mol. The van der Waals surface area contributed by atoms with Gasteiger partial charge in [0.1, 0.15) is 5.78 Å². The van der Waals surface area contributed by atoms with Crippen molar-refractivity contribution in [3.63, 3.8) is 0 Å². The molecule has 3 atom stereocenters. The highest BCUT2D eigenvalue weighted by Gasteiger charge is 2.32. The first kappa shape index (κ1) is 11.2. The van der Waals surface area contributed by atoms with Gasteiger partial charge in [-0.15, -0.1) is 0 Å². The fraction of sp³-hybridized carbons (Fsp3) is 0.929. The van der Waals surface area contributed by atoms with Crippen LogP contribution in [0.25, 0.3) is 0 Å². The van der Waals surface area contributed by atoms with E-state index in [-0.39, 0.29) is 0 Å². The zero-order valence-corrected chi connectivity index (χ0v) is 10.2. The molecule has 0 heterocycles. The highest BCUT2D eigenvalue weighted by atomic mass is 16.1. The summed E-state index contributed by atoms with van der Waals surface area (Å²) in [6.07, 6.45) is 8.37. The van der Waals surface area contributed by atoms with E-state index in [9.17, 15) is 4.79 Å². The van der Waals surface area contributed by atoms with E-state index in [1.165, 1.54) is 25.7 Å². The standard InChI is InChI=1S/C14H24O/c1-10-6-11(2)8-13(7-10)12-4-3-5-14(15)9-12/h10-13H,3-9H2,1-2H3. The molecule has 0 N–H and O–H groups in total. The zero-order valence-electron chi connectivity index (χ0n) is 10.2. The van der Waals surface area contributed by atoms with Crippen molar-refractivity contribution in [3.05, 3.63) is 0 Å². The van der Waals surface area contributed by atoms with Crippen molar-refractivity contribution in [3.8, 4) is 0 Å². The van der Waals surface area contributed by atoms with Crippen molar-refractivity contribution in [1.82, 2.24) is 0 Å². The Hall–Kier alpha value is -0.330. The predicted octanol–water partition coefficient (Wildman–Crippen LogP) is 3.82. The van der Waals surface area contributed by atoms with Gasteiger partial charge in [0, 0.05) is 12.8 Å². The molecule has 3 unspecified atom stereocenters. The predicted molar refractivity (Wildman–Crippen MR) is 62.6 cm³/mol. The molecule has 0 saturated heterocycles. The minimum atomic E-state index is 0.525. The summed E-state index contributed by atoms with van der Waals surface area (Å²) in [7, 11) is 0. The van der Waals surface area contributed by atoms with Crippen LogP contribution in [-0.4, -0.2) is 5.78 Å². The summed E-state index contributed by atoms with van der Waals surface area (Å²) in [4.78, 5) is 11.5. The maximum absolute atomic E-state index is 11.5. The van der Waals surface area contributed by atoms with Gasteiger partial charge < -0.3 is 0 Å². The van der Waals surface area contributed by atoms with Crippen LogP contribution >= 0.6 is 0 Å². The monoisotopic (exact) mass is 208 g/mol. The number of rotatable bonds is 1. The van der Waals surface area contributed by atoms with Crippen LogP contribution in [0.15, 0.2) is 0 Å². The Balaban J connectivity index is 1.93. The summed E-state index contributed by atoms with van der Waals surface area (Å²) in [5, 5.41) is 0. The fourth-order valence-electron chi connectivity index (χ4n) is 3.85. The Morgan fingerprint density at radius 3 is 2.27 bits per heavy atom. The summed E-state index contributed by atoms with van der Waals surface area (Å²) in [5.74, 6) is 3.88. The van der Waals surface area contributed by atoms with Crippen LogP contribution in [0.5, 0.6) is 0 Å². The molecule has 2 saturated carbocycles. The van der Waals surface area contributed by atoms with Crippen LogP contribution in [0.2, 0.25) is 0 Å². The molecule has 0 amide bonds. The van der Waals surface area contributed by atoms with Gasteiger partial charge >= 0.3 is 0 Å². The molecule has 15 heavy (non-hydrogen) atoms. The normalized spacial score (nSPS) is 42.9. The molecule has 2 aliphatic rings. The molecule has 0 aromatic rings. The summed E-state index contributed by atoms with van der Waals surface area (Å²) >= 11 is 0. The minimum Gasteiger partial charge on any atom is -0.300 e. The average molecular weight is 208 g/mol. The summed E-state index contributed by atoms with van der Waals surface area (Å²) in [5.41, 5.74) is 0. The minimum absolute atomic E-state index is 0.525. The molecule has 2 fully saturated rings. The Morgan fingerprint density at radius 1 is 1.00 bits per heavy atom. The Labute approximate surface area is 93.6 Å². The van der Waals surface area contributed by atoms with E-state index in [2.05, 4.69) is 13.8 Å². The van der Waals surface area contributed by atoms with E-state index in [1.807, 2.05) is 0 Å². The molecule has 0 aromatic carbocycles. The molecule has 2 rings (SSSR count). The average Bonchev–Trinajstić information content (AvgIpc) is 2.16. The Bertz CT molecular complexity index is 223. The lowest BCUT2D eigenvalue weighted by Gasteiger charge is -2.37. The van der Waals surface area contributed by atoms with E-state index in [0.29, 0.717) is 5.78 Å². The fourth-order valence-corrected chi connectivity index (χ4v) is 3.85. The van der Waals surface area contributed by atoms with Crippen molar-refractivity contribution in [1.29, 1.82) is 0 Å². The molecule has 1 heteroatoms. The SMILES string of the molecule is CC1CC(C)CC(C2CCCC(=O)C2)C1. The van der Waals surface area contributed by atoms with Gasteiger partial charge in [-0.2, -0.15) is 0 Å². The first-order chi connectivity index (χ1) is 7.15. The molecule has 2 aliphatic carbocycles. The second-order valence-electron chi connectivity index (χ2n) is 6.07. The van der Waals surface area contributed by atoms with Crippen LogP contribution in [0, 0.1) is 23.7 Å². The molecule has 0 aliphatic heterocycles. The van der Waals surface area contributed by atoms with Gasteiger partial charge in [0.15, 0.2) is 0 Å². The van der Waals surface area contributed by atoms with E-state index < -0.39 is 0 Å². The number of hydrogen-bond donors (Lipinski definition) is 0. The van der Waals surface area contributed by atoms with Gasteiger partial charge in [-0.1, -0.05) is 13.8 Å². The van der Waals surface area contributed by atoms with Crippen LogP contribution in [0.1, 0.15) is 58.8 Å². The number of carbonyl (C=O) groups excluding carboxylic acids is 1. The summed E-state index contributed by atoms with van der Waals surface area (Å²) in [6, 6.07) is 0.